The molecule has 0 atom stereocenters. The third-order valence-corrected chi connectivity index (χ3v) is 3.08. The van der Waals surface area contributed by atoms with Gasteiger partial charge in [-0.25, -0.2) is 13.9 Å². The van der Waals surface area contributed by atoms with Gasteiger partial charge in [-0.2, -0.15) is 0 Å². The molecule has 100 valence electrons. The average molecular weight is 269 g/mol. The first kappa shape index (κ1) is 12.3. The molecule has 3 rings (SSSR count). The molecule has 3 aromatic rings. The lowest BCUT2D eigenvalue weighted by Gasteiger charge is -2.02. The van der Waals surface area contributed by atoms with Crippen LogP contribution in [0, 0.1) is 18.2 Å². The normalized spacial score (nSPS) is 10.9. The first-order valence-electron chi connectivity index (χ1n) is 6.03. The van der Waals surface area contributed by atoms with Crippen LogP contribution < -0.4 is 5.73 Å². The third kappa shape index (κ3) is 1.82. The number of hydrogen-bond donors (Lipinski definition) is 2. The van der Waals surface area contributed by atoms with E-state index in [1.54, 1.807) is 34.8 Å². The summed E-state index contributed by atoms with van der Waals surface area (Å²) in [5.41, 5.74) is 7.63. The summed E-state index contributed by atoms with van der Waals surface area (Å²) in [6.45, 7) is 1.86. The Morgan fingerprint density at radius 1 is 1.25 bits per heavy atom. The van der Waals surface area contributed by atoms with E-state index in [4.69, 9.17) is 11.1 Å². The molecule has 0 spiro atoms. The van der Waals surface area contributed by atoms with Gasteiger partial charge in [0.15, 0.2) is 11.5 Å². The number of nitrogens with two attached hydrogens (primary N) is 1. The van der Waals surface area contributed by atoms with E-state index in [-0.39, 0.29) is 17.5 Å². The fourth-order valence-corrected chi connectivity index (χ4v) is 2.05. The zero-order chi connectivity index (χ0) is 14.3. The van der Waals surface area contributed by atoms with Gasteiger partial charge in [0.05, 0.1) is 11.1 Å². The van der Waals surface area contributed by atoms with Crippen LogP contribution in [0.1, 0.15) is 11.3 Å². The van der Waals surface area contributed by atoms with Crippen LogP contribution in [-0.4, -0.2) is 20.4 Å². The number of amidine groups is 1. The van der Waals surface area contributed by atoms with Crippen LogP contribution in [0.25, 0.3) is 17.0 Å². The smallest absolute Gasteiger partial charge is 0.185 e. The molecule has 5 nitrogen and oxygen atoms in total. The minimum absolute atomic E-state index is 0.0949. The first-order valence-corrected chi connectivity index (χ1v) is 6.03. The van der Waals surface area contributed by atoms with Gasteiger partial charge in [-0.1, -0.05) is 12.1 Å². The molecule has 0 saturated heterocycles. The van der Waals surface area contributed by atoms with Gasteiger partial charge in [-0.15, -0.1) is 5.10 Å². The maximum Gasteiger partial charge on any atom is 0.185 e. The number of fused-ring (bicyclic) bond motifs is 1. The average Bonchev–Trinajstić information content (AvgIpc) is 2.84. The summed E-state index contributed by atoms with van der Waals surface area (Å²) in [5, 5.41) is 11.9. The van der Waals surface area contributed by atoms with Gasteiger partial charge in [0.2, 0.25) is 0 Å². The van der Waals surface area contributed by atoms with Crippen molar-refractivity contribution in [1.82, 2.24) is 14.6 Å². The molecule has 2 heterocycles. The van der Waals surface area contributed by atoms with E-state index >= 15 is 0 Å². The minimum atomic E-state index is -0.384. The predicted molar refractivity (Wildman–Crippen MR) is 74.1 cm³/mol. The van der Waals surface area contributed by atoms with Gasteiger partial charge in [-0.05, 0) is 31.2 Å². The Labute approximate surface area is 114 Å². The van der Waals surface area contributed by atoms with Crippen molar-refractivity contribution in [2.75, 3.05) is 0 Å². The number of nitrogens with zero attached hydrogens (tertiary/aromatic N) is 3. The maximum absolute atomic E-state index is 13.8. The van der Waals surface area contributed by atoms with E-state index in [1.165, 1.54) is 6.07 Å². The van der Waals surface area contributed by atoms with Crippen LogP contribution in [-0.2, 0) is 0 Å². The molecule has 0 amide bonds. The molecule has 3 N–H and O–H groups in total. The standard InChI is InChI=1S/C14H12FN5/c1-8-6-7-10(12(16)17)14-18-13(19-20(8)14)9-4-2-3-5-11(9)15/h2-7H,1H3,(H3,16,17). The molecule has 0 aliphatic carbocycles. The van der Waals surface area contributed by atoms with Crippen LogP contribution in [0.4, 0.5) is 4.39 Å². The maximum atomic E-state index is 13.8. The molecule has 2 aromatic heterocycles. The fourth-order valence-electron chi connectivity index (χ4n) is 2.05. The SMILES string of the molecule is Cc1ccc(C(=N)N)c2nc(-c3ccccc3F)nn12. The topological polar surface area (TPSA) is 80.1 Å². The highest BCUT2D eigenvalue weighted by Gasteiger charge is 2.15. The largest absolute Gasteiger partial charge is 0.384 e. The molecule has 0 fully saturated rings. The van der Waals surface area contributed by atoms with Gasteiger partial charge >= 0.3 is 0 Å². The van der Waals surface area contributed by atoms with Crippen molar-refractivity contribution < 1.29 is 4.39 Å². The molecule has 0 aliphatic heterocycles. The highest BCUT2D eigenvalue weighted by molar-refractivity contribution is 6.00. The van der Waals surface area contributed by atoms with Crippen molar-refractivity contribution in [1.29, 1.82) is 5.41 Å². The fraction of sp³-hybridized carbons (Fsp3) is 0.0714. The van der Waals surface area contributed by atoms with Gasteiger partial charge in [-0.3, -0.25) is 5.41 Å². The number of rotatable bonds is 2. The number of benzene rings is 1. The number of nitrogens with one attached hydrogen (secondary N) is 1. The lowest BCUT2D eigenvalue weighted by Crippen LogP contribution is -2.13. The van der Waals surface area contributed by atoms with Gasteiger partial charge in [0, 0.05) is 5.69 Å². The summed E-state index contributed by atoms with van der Waals surface area (Å²) >= 11 is 0. The highest BCUT2D eigenvalue weighted by Crippen LogP contribution is 2.21. The number of aromatic nitrogens is 3. The van der Waals surface area contributed by atoms with E-state index in [1.807, 2.05) is 6.92 Å². The van der Waals surface area contributed by atoms with Crippen LogP contribution >= 0.6 is 0 Å². The van der Waals surface area contributed by atoms with Gasteiger partial charge in [0.25, 0.3) is 0 Å². The van der Waals surface area contributed by atoms with E-state index in [2.05, 4.69) is 10.1 Å². The Bertz CT molecular complexity index is 822. The second-order valence-electron chi connectivity index (χ2n) is 4.45. The Hall–Kier alpha value is -2.76. The van der Waals surface area contributed by atoms with Crippen molar-refractivity contribution in [3.8, 4) is 11.4 Å². The van der Waals surface area contributed by atoms with Crippen LogP contribution in [0.15, 0.2) is 36.4 Å². The second-order valence-corrected chi connectivity index (χ2v) is 4.45. The Morgan fingerprint density at radius 3 is 2.70 bits per heavy atom. The van der Waals surface area contributed by atoms with Crippen molar-refractivity contribution in [2.24, 2.45) is 5.73 Å². The molecular formula is C14H12FN5. The molecule has 0 bridgehead atoms. The molecular weight excluding hydrogens is 257 g/mol. The van der Waals surface area contributed by atoms with Crippen molar-refractivity contribution >= 4 is 11.5 Å². The summed E-state index contributed by atoms with van der Waals surface area (Å²) in [6.07, 6.45) is 0. The zero-order valence-corrected chi connectivity index (χ0v) is 10.8. The summed E-state index contributed by atoms with van der Waals surface area (Å²) < 4.78 is 15.4. The monoisotopic (exact) mass is 269 g/mol. The number of hydrogen-bond acceptors (Lipinski definition) is 3. The molecule has 0 aliphatic rings. The Balaban J connectivity index is 2.31. The van der Waals surface area contributed by atoms with Crippen molar-refractivity contribution in [2.45, 2.75) is 6.92 Å². The predicted octanol–water partition coefficient (Wildman–Crippen LogP) is 2.13. The summed E-state index contributed by atoms with van der Waals surface area (Å²) in [7, 11) is 0. The van der Waals surface area contributed by atoms with Crippen LogP contribution in [0.2, 0.25) is 0 Å². The number of nitrogen functional groups attached to an aromatic ring is 1. The lowest BCUT2D eigenvalue weighted by molar-refractivity contribution is 0.630. The zero-order valence-electron chi connectivity index (χ0n) is 10.8. The highest BCUT2D eigenvalue weighted by atomic mass is 19.1. The van der Waals surface area contributed by atoms with E-state index in [9.17, 15) is 4.39 Å². The number of pyridine rings is 1. The molecule has 0 saturated carbocycles. The van der Waals surface area contributed by atoms with E-state index in [0.29, 0.717) is 16.8 Å². The van der Waals surface area contributed by atoms with Gasteiger partial charge < -0.3 is 5.73 Å². The summed E-state index contributed by atoms with van der Waals surface area (Å²) in [4.78, 5) is 4.32. The molecule has 0 radical (unpaired) electrons. The van der Waals surface area contributed by atoms with Crippen LogP contribution in [0.3, 0.4) is 0 Å². The lowest BCUT2D eigenvalue weighted by atomic mass is 10.2. The Kier molecular flexibility index (Phi) is 2.71. The van der Waals surface area contributed by atoms with Crippen LogP contribution in [0.5, 0.6) is 0 Å². The second kappa shape index (κ2) is 4.41. The molecule has 1 aromatic carbocycles. The molecule has 0 unspecified atom stereocenters. The molecule has 20 heavy (non-hydrogen) atoms. The Morgan fingerprint density at radius 2 is 2.00 bits per heavy atom. The summed E-state index contributed by atoms with van der Waals surface area (Å²) in [5.74, 6) is -0.201. The van der Waals surface area contributed by atoms with E-state index in [0.717, 1.165) is 5.69 Å². The quantitative estimate of drug-likeness (QED) is 0.552. The van der Waals surface area contributed by atoms with Crippen molar-refractivity contribution in [3.05, 3.63) is 53.5 Å². The number of halogens is 1. The summed E-state index contributed by atoms with van der Waals surface area (Å²) in [6, 6.07) is 9.83. The van der Waals surface area contributed by atoms with E-state index < -0.39 is 0 Å². The minimum Gasteiger partial charge on any atom is -0.384 e. The van der Waals surface area contributed by atoms with Crippen molar-refractivity contribution in [3.63, 3.8) is 0 Å². The first-order chi connectivity index (χ1) is 9.58. The third-order valence-electron chi connectivity index (χ3n) is 3.08. The number of aryl methyl sites for hydroxylation is 1. The molecule has 6 heteroatoms. The van der Waals surface area contributed by atoms with Gasteiger partial charge in [0.1, 0.15) is 11.7 Å².